The van der Waals surface area contributed by atoms with Crippen LogP contribution in [0.5, 0.6) is 5.75 Å². The van der Waals surface area contributed by atoms with Crippen LogP contribution in [0.25, 0.3) is 20.8 Å². The first-order valence-electron chi connectivity index (χ1n) is 6.15. The van der Waals surface area contributed by atoms with Crippen molar-refractivity contribution >= 4 is 29.1 Å². The van der Waals surface area contributed by atoms with E-state index in [-0.39, 0.29) is 0 Å². The van der Waals surface area contributed by atoms with Gasteiger partial charge in [-0.1, -0.05) is 24.3 Å². The summed E-state index contributed by atoms with van der Waals surface area (Å²) in [5.41, 5.74) is 1.79. The first-order valence-corrected chi connectivity index (χ1v) is 8.76. The van der Waals surface area contributed by atoms with E-state index in [1.165, 1.54) is 0 Å². The summed E-state index contributed by atoms with van der Waals surface area (Å²) >= 11 is 1.56. The molecule has 21 heavy (non-hydrogen) atoms. The molecule has 0 amide bonds. The van der Waals surface area contributed by atoms with Crippen molar-refractivity contribution in [1.29, 1.82) is 0 Å². The average molecular weight is 321 g/mol. The lowest BCUT2D eigenvalue weighted by molar-refractivity contribution is 0.300. The Morgan fingerprint density at radius 1 is 1.14 bits per heavy atom. The maximum atomic E-state index is 10.8. The summed E-state index contributed by atoms with van der Waals surface area (Å²) in [6.07, 6.45) is -0.629. The van der Waals surface area contributed by atoms with Gasteiger partial charge < -0.3 is 14.5 Å². The summed E-state index contributed by atoms with van der Waals surface area (Å²) < 4.78 is 17.0. The van der Waals surface area contributed by atoms with Gasteiger partial charge in [0, 0.05) is 5.56 Å². The summed E-state index contributed by atoms with van der Waals surface area (Å²) in [7, 11) is -4.18. The molecule has 0 saturated carbocycles. The summed E-state index contributed by atoms with van der Waals surface area (Å²) in [4.78, 5) is 22.2. The highest BCUT2D eigenvalue weighted by Crippen LogP contribution is 2.36. The second-order valence-corrected chi connectivity index (χ2v) is 7.07. The van der Waals surface area contributed by atoms with Gasteiger partial charge >= 0.3 is 7.60 Å². The van der Waals surface area contributed by atoms with Gasteiger partial charge in [-0.05, 0) is 24.3 Å². The molecule has 0 aliphatic heterocycles. The third-order valence-corrected chi connectivity index (χ3v) is 4.33. The predicted octanol–water partition coefficient (Wildman–Crippen LogP) is 3.48. The molecule has 1 heterocycles. The lowest BCUT2D eigenvalue weighted by atomic mass is 10.2. The van der Waals surface area contributed by atoms with E-state index in [4.69, 9.17) is 14.5 Å². The van der Waals surface area contributed by atoms with Crippen molar-refractivity contribution in [2.24, 2.45) is 0 Å². The van der Waals surface area contributed by atoms with E-state index in [0.717, 1.165) is 20.8 Å². The maximum absolute atomic E-state index is 10.8. The fourth-order valence-electron chi connectivity index (χ4n) is 1.87. The van der Waals surface area contributed by atoms with Crippen molar-refractivity contribution in [2.75, 3.05) is 6.35 Å². The van der Waals surface area contributed by atoms with Crippen molar-refractivity contribution in [3.8, 4) is 16.3 Å². The smallest absolute Gasteiger partial charge is 0.362 e. The minimum Gasteiger partial charge on any atom is -0.481 e. The van der Waals surface area contributed by atoms with Gasteiger partial charge in [0.2, 0.25) is 0 Å². The van der Waals surface area contributed by atoms with Gasteiger partial charge in [0.25, 0.3) is 0 Å². The van der Waals surface area contributed by atoms with Gasteiger partial charge in [-0.2, -0.15) is 0 Å². The van der Waals surface area contributed by atoms with Crippen molar-refractivity contribution in [1.82, 2.24) is 4.98 Å². The number of fused-ring (bicyclic) bond motifs is 1. The van der Waals surface area contributed by atoms with Gasteiger partial charge in [0.05, 0.1) is 10.2 Å². The molecule has 0 aliphatic carbocycles. The number of ether oxygens (including phenoxy) is 1. The largest absolute Gasteiger partial charge is 0.481 e. The Morgan fingerprint density at radius 2 is 1.95 bits per heavy atom. The Morgan fingerprint density at radius 3 is 2.71 bits per heavy atom. The molecule has 2 aromatic carbocycles. The Labute approximate surface area is 125 Å². The molecule has 1 aromatic heterocycles. The summed E-state index contributed by atoms with van der Waals surface area (Å²) in [5, 5.41) is 0.845. The molecule has 3 aromatic rings. The van der Waals surface area contributed by atoms with Crippen molar-refractivity contribution in [3.05, 3.63) is 48.5 Å². The fraction of sp³-hybridized carbons (Fsp3) is 0.0714. The molecule has 0 radical (unpaired) electrons. The molecule has 2 N–H and O–H groups in total. The Balaban J connectivity index is 1.90. The molecule has 3 rings (SSSR count). The van der Waals surface area contributed by atoms with Crippen LogP contribution in [-0.4, -0.2) is 21.1 Å². The molecule has 0 aliphatic rings. The van der Waals surface area contributed by atoms with Crippen LogP contribution in [0, 0.1) is 0 Å². The number of hydrogen-bond acceptors (Lipinski definition) is 4. The number of benzene rings is 2. The van der Waals surface area contributed by atoms with Crippen LogP contribution >= 0.6 is 18.9 Å². The molecule has 0 saturated heterocycles. The first-order chi connectivity index (χ1) is 10.0. The number of hydrogen-bond donors (Lipinski definition) is 2. The third kappa shape index (κ3) is 3.49. The number of aromatic nitrogens is 1. The number of para-hydroxylation sites is 1. The maximum Gasteiger partial charge on any atom is 0.362 e. The number of nitrogens with zero attached hydrogens (tertiary/aromatic N) is 1. The summed E-state index contributed by atoms with van der Waals surface area (Å²) in [6.45, 7) is 0. The SMILES string of the molecule is O=P(O)(O)COc1cccc(-c2nc3ccccc3s2)c1. The van der Waals surface area contributed by atoms with Crippen LogP contribution in [0.2, 0.25) is 0 Å². The minimum absolute atomic E-state index is 0.412. The van der Waals surface area contributed by atoms with Crippen LogP contribution in [0.3, 0.4) is 0 Å². The van der Waals surface area contributed by atoms with E-state index in [1.807, 2.05) is 30.3 Å². The topological polar surface area (TPSA) is 79.7 Å². The van der Waals surface area contributed by atoms with Gasteiger partial charge in [0.1, 0.15) is 10.8 Å². The van der Waals surface area contributed by atoms with Gasteiger partial charge in [-0.3, -0.25) is 4.57 Å². The van der Waals surface area contributed by atoms with E-state index in [0.29, 0.717) is 5.75 Å². The lowest BCUT2D eigenvalue weighted by Gasteiger charge is -2.07. The van der Waals surface area contributed by atoms with Crippen LogP contribution < -0.4 is 4.74 Å². The molecule has 0 atom stereocenters. The normalized spacial score (nSPS) is 11.7. The van der Waals surface area contributed by atoms with Crippen LogP contribution in [-0.2, 0) is 4.57 Å². The van der Waals surface area contributed by atoms with Gasteiger partial charge in [0.15, 0.2) is 6.35 Å². The molecular weight excluding hydrogens is 309 g/mol. The van der Waals surface area contributed by atoms with Crippen LogP contribution in [0.1, 0.15) is 0 Å². The Kier molecular flexibility index (Phi) is 3.78. The highest BCUT2D eigenvalue weighted by Gasteiger charge is 2.14. The average Bonchev–Trinajstić information content (AvgIpc) is 2.89. The summed E-state index contributed by atoms with van der Waals surface area (Å²) in [5.74, 6) is 0.412. The Hall–Kier alpha value is -1.72. The van der Waals surface area contributed by atoms with Crippen molar-refractivity contribution in [3.63, 3.8) is 0 Å². The predicted molar refractivity (Wildman–Crippen MR) is 82.6 cm³/mol. The lowest BCUT2D eigenvalue weighted by Crippen LogP contribution is -1.97. The summed E-state index contributed by atoms with van der Waals surface area (Å²) in [6, 6.07) is 14.9. The zero-order valence-electron chi connectivity index (χ0n) is 10.8. The molecule has 7 heteroatoms. The first kappa shape index (κ1) is 14.2. The Bertz CT molecular complexity index is 793. The van der Waals surface area contributed by atoms with E-state index in [1.54, 1.807) is 29.5 Å². The van der Waals surface area contributed by atoms with E-state index in [2.05, 4.69) is 4.98 Å². The van der Waals surface area contributed by atoms with Crippen LogP contribution in [0.15, 0.2) is 48.5 Å². The quantitative estimate of drug-likeness (QED) is 0.719. The van der Waals surface area contributed by atoms with Crippen molar-refractivity contribution < 1.29 is 19.1 Å². The van der Waals surface area contributed by atoms with Gasteiger partial charge in [-0.25, -0.2) is 4.98 Å². The number of thiazole rings is 1. The highest BCUT2D eigenvalue weighted by molar-refractivity contribution is 7.51. The van der Waals surface area contributed by atoms with E-state index < -0.39 is 13.9 Å². The molecule has 0 spiro atoms. The van der Waals surface area contributed by atoms with Crippen LogP contribution in [0.4, 0.5) is 0 Å². The molecule has 5 nitrogen and oxygen atoms in total. The zero-order chi connectivity index (χ0) is 14.9. The van der Waals surface area contributed by atoms with Crippen molar-refractivity contribution in [2.45, 2.75) is 0 Å². The molecule has 0 fully saturated rings. The van der Waals surface area contributed by atoms with E-state index in [9.17, 15) is 4.57 Å². The highest BCUT2D eigenvalue weighted by atomic mass is 32.1. The number of rotatable bonds is 4. The molecule has 0 bridgehead atoms. The minimum atomic E-state index is -4.18. The molecule has 108 valence electrons. The van der Waals surface area contributed by atoms with Gasteiger partial charge in [-0.15, -0.1) is 11.3 Å². The molecular formula is C14H12NO4PS. The monoisotopic (exact) mass is 321 g/mol. The van der Waals surface area contributed by atoms with E-state index >= 15 is 0 Å². The standard InChI is InChI=1S/C14H12NO4PS/c16-20(17,18)9-19-11-5-3-4-10(8-11)14-15-12-6-1-2-7-13(12)21-14/h1-8H,9H2,(H2,16,17,18). The molecule has 0 unspecified atom stereocenters. The fourth-order valence-corrected chi connectivity index (χ4v) is 3.15. The second-order valence-electron chi connectivity index (χ2n) is 4.45. The second kappa shape index (κ2) is 5.58. The zero-order valence-corrected chi connectivity index (χ0v) is 12.6. The third-order valence-electron chi connectivity index (χ3n) is 2.77.